The molecule has 3 nitrogen and oxygen atoms in total. The number of fused-ring (bicyclic) bond motifs is 1. The maximum absolute atomic E-state index is 11.7. The van der Waals surface area contributed by atoms with Gasteiger partial charge in [-0.25, -0.2) is 4.79 Å². The fourth-order valence-corrected chi connectivity index (χ4v) is 3.67. The summed E-state index contributed by atoms with van der Waals surface area (Å²) in [6.45, 7) is 3.59. The third-order valence-electron chi connectivity index (χ3n) is 3.70. The first kappa shape index (κ1) is 11.9. The summed E-state index contributed by atoms with van der Waals surface area (Å²) >= 11 is 1.95. The Morgan fingerprint density at radius 1 is 1.50 bits per heavy atom. The Hall–Kier alpha value is -1.16. The first-order chi connectivity index (χ1) is 8.78. The van der Waals surface area contributed by atoms with Gasteiger partial charge in [0, 0.05) is 18.0 Å². The van der Waals surface area contributed by atoms with Gasteiger partial charge in [0.1, 0.15) is 0 Å². The number of nitrogens with one attached hydrogen (secondary N) is 1. The van der Waals surface area contributed by atoms with Gasteiger partial charge in [-0.2, -0.15) is 0 Å². The predicted molar refractivity (Wildman–Crippen MR) is 74.0 cm³/mol. The minimum Gasteiger partial charge on any atom is -0.329 e. The number of carbonyl (C=O) groups is 1. The summed E-state index contributed by atoms with van der Waals surface area (Å²) in [7, 11) is 0. The van der Waals surface area contributed by atoms with Crippen molar-refractivity contribution in [1.29, 1.82) is 0 Å². The van der Waals surface area contributed by atoms with Gasteiger partial charge < -0.3 is 10.2 Å². The quantitative estimate of drug-likeness (QED) is 0.889. The van der Waals surface area contributed by atoms with Crippen molar-refractivity contribution in [3.05, 3.63) is 29.3 Å². The van der Waals surface area contributed by atoms with Crippen LogP contribution in [-0.4, -0.2) is 29.8 Å². The van der Waals surface area contributed by atoms with Crippen LogP contribution < -0.4 is 5.32 Å². The molecule has 96 valence electrons. The molecule has 1 unspecified atom stereocenters. The third-order valence-corrected chi connectivity index (χ3v) is 4.91. The van der Waals surface area contributed by atoms with Crippen molar-refractivity contribution in [1.82, 2.24) is 10.2 Å². The van der Waals surface area contributed by atoms with Crippen LogP contribution in [0.4, 0.5) is 4.79 Å². The second-order valence-electron chi connectivity index (χ2n) is 4.86. The molecule has 2 aliphatic rings. The molecule has 1 aromatic carbocycles. The van der Waals surface area contributed by atoms with E-state index >= 15 is 0 Å². The van der Waals surface area contributed by atoms with Crippen molar-refractivity contribution in [2.75, 3.05) is 18.8 Å². The SMILES string of the molecule is CCN1CC(c2ccc3c(c2)CCCS3)NC1=O. The molecule has 2 heterocycles. The van der Waals surface area contributed by atoms with Crippen LogP contribution in [0, 0.1) is 0 Å². The van der Waals surface area contributed by atoms with Crippen molar-refractivity contribution >= 4 is 17.8 Å². The van der Waals surface area contributed by atoms with Gasteiger partial charge in [-0.1, -0.05) is 12.1 Å². The molecule has 18 heavy (non-hydrogen) atoms. The summed E-state index contributed by atoms with van der Waals surface area (Å²) in [6, 6.07) is 6.89. The Morgan fingerprint density at radius 2 is 2.39 bits per heavy atom. The smallest absolute Gasteiger partial charge is 0.318 e. The predicted octanol–water partition coefficient (Wildman–Crippen LogP) is 2.81. The molecule has 0 aliphatic carbocycles. The summed E-state index contributed by atoms with van der Waals surface area (Å²) in [5.74, 6) is 1.23. The van der Waals surface area contributed by atoms with E-state index in [9.17, 15) is 4.79 Å². The average molecular weight is 262 g/mol. The number of carbonyl (C=O) groups excluding carboxylic acids is 1. The molecule has 0 spiro atoms. The Morgan fingerprint density at radius 3 is 3.17 bits per heavy atom. The number of likely N-dealkylation sites (N-methyl/N-ethyl adjacent to an activating group) is 1. The van der Waals surface area contributed by atoms with Crippen molar-refractivity contribution in [2.24, 2.45) is 0 Å². The minimum atomic E-state index is 0.0644. The molecular weight excluding hydrogens is 244 g/mol. The maximum Gasteiger partial charge on any atom is 0.318 e. The Balaban J connectivity index is 1.83. The van der Waals surface area contributed by atoms with Crippen LogP contribution >= 0.6 is 11.8 Å². The van der Waals surface area contributed by atoms with Crippen LogP contribution in [0.2, 0.25) is 0 Å². The number of aryl methyl sites for hydroxylation is 1. The van der Waals surface area contributed by atoms with Gasteiger partial charge in [0.15, 0.2) is 0 Å². The van der Waals surface area contributed by atoms with Crippen molar-refractivity contribution in [2.45, 2.75) is 30.7 Å². The van der Waals surface area contributed by atoms with E-state index in [2.05, 4.69) is 23.5 Å². The van der Waals surface area contributed by atoms with Crippen molar-refractivity contribution in [3.63, 3.8) is 0 Å². The molecule has 0 saturated carbocycles. The highest BCUT2D eigenvalue weighted by molar-refractivity contribution is 7.99. The molecule has 2 amide bonds. The molecule has 4 heteroatoms. The van der Waals surface area contributed by atoms with Gasteiger partial charge in [-0.3, -0.25) is 0 Å². The molecule has 2 aliphatic heterocycles. The maximum atomic E-state index is 11.7. The second kappa shape index (κ2) is 4.84. The number of rotatable bonds is 2. The largest absolute Gasteiger partial charge is 0.329 e. The highest BCUT2D eigenvalue weighted by Gasteiger charge is 2.28. The number of hydrogen-bond acceptors (Lipinski definition) is 2. The van der Waals surface area contributed by atoms with Crippen LogP contribution in [0.15, 0.2) is 23.1 Å². The fraction of sp³-hybridized carbons (Fsp3) is 0.500. The van der Waals surface area contributed by atoms with E-state index in [1.165, 1.54) is 34.6 Å². The lowest BCUT2D eigenvalue weighted by atomic mass is 10.0. The number of hydrogen-bond donors (Lipinski definition) is 1. The van der Waals surface area contributed by atoms with E-state index in [-0.39, 0.29) is 12.1 Å². The summed E-state index contributed by atoms with van der Waals surface area (Å²) in [5.41, 5.74) is 2.70. The fourth-order valence-electron chi connectivity index (χ4n) is 2.65. The average Bonchev–Trinajstić information content (AvgIpc) is 2.79. The molecule has 1 aromatic rings. The number of urea groups is 1. The van der Waals surface area contributed by atoms with Gasteiger partial charge in [0.2, 0.25) is 0 Å². The first-order valence-corrected chi connectivity index (χ1v) is 7.57. The number of benzene rings is 1. The van der Waals surface area contributed by atoms with Gasteiger partial charge in [-0.15, -0.1) is 11.8 Å². The normalized spacial score (nSPS) is 22.8. The van der Waals surface area contributed by atoms with Crippen LogP contribution in [-0.2, 0) is 6.42 Å². The summed E-state index contributed by atoms with van der Waals surface area (Å²) in [6.07, 6.45) is 2.44. The van der Waals surface area contributed by atoms with Crippen LogP contribution in [0.5, 0.6) is 0 Å². The second-order valence-corrected chi connectivity index (χ2v) is 6.00. The van der Waals surface area contributed by atoms with Crippen molar-refractivity contribution in [3.8, 4) is 0 Å². The molecule has 3 rings (SSSR count). The zero-order valence-electron chi connectivity index (χ0n) is 10.6. The topological polar surface area (TPSA) is 32.3 Å². The van der Waals surface area contributed by atoms with Gasteiger partial charge >= 0.3 is 6.03 Å². The zero-order chi connectivity index (χ0) is 12.5. The standard InChI is InChI=1S/C14H18N2OS/c1-2-16-9-12(15-14(16)17)10-5-6-13-11(8-10)4-3-7-18-13/h5-6,8,12H,2-4,7,9H2,1H3,(H,15,17). The third kappa shape index (κ3) is 2.09. The number of amides is 2. The van der Waals surface area contributed by atoms with E-state index in [1.54, 1.807) is 0 Å². The van der Waals surface area contributed by atoms with Crippen LogP contribution in [0.25, 0.3) is 0 Å². The lowest BCUT2D eigenvalue weighted by molar-refractivity contribution is 0.219. The number of thioether (sulfide) groups is 1. The van der Waals surface area contributed by atoms with E-state index in [1.807, 2.05) is 23.6 Å². The minimum absolute atomic E-state index is 0.0644. The highest BCUT2D eigenvalue weighted by Crippen LogP contribution is 2.32. The van der Waals surface area contributed by atoms with Crippen LogP contribution in [0.1, 0.15) is 30.5 Å². The molecule has 1 fully saturated rings. The van der Waals surface area contributed by atoms with E-state index in [4.69, 9.17) is 0 Å². The summed E-state index contributed by atoms with van der Waals surface area (Å²) in [4.78, 5) is 15.0. The lowest BCUT2D eigenvalue weighted by Crippen LogP contribution is -2.27. The Kier molecular flexibility index (Phi) is 3.20. The monoisotopic (exact) mass is 262 g/mol. The van der Waals surface area contributed by atoms with E-state index < -0.39 is 0 Å². The molecule has 0 aromatic heterocycles. The summed E-state index contributed by atoms with van der Waals surface area (Å²) < 4.78 is 0. The van der Waals surface area contributed by atoms with Gasteiger partial charge in [0.05, 0.1) is 6.04 Å². The van der Waals surface area contributed by atoms with Crippen LogP contribution in [0.3, 0.4) is 0 Å². The molecular formula is C14H18N2OS. The molecule has 1 saturated heterocycles. The first-order valence-electron chi connectivity index (χ1n) is 6.59. The summed E-state index contributed by atoms with van der Waals surface area (Å²) in [5, 5.41) is 3.06. The molecule has 1 atom stereocenters. The number of nitrogens with zero attached hydrogens (tertiary/aromatic N) is 1. The van der Waals surface area contributed by atoms with Gasteiger partial charge in [0.25, 0.3) is 0 Å². The highest BCUT2D eigenvalue weighted by atomic mass is 32.2. The molecule has 1 N–H and O–H groups in total. The molecule has 0 bridgehead atoms. The van der Waals surface area contributed by atoms with E-state index in [0.29, 0.717) is 0 Å². The van der Waals surface area contributed by atoms with E-state index in [0.717, 1.165) is 13.1 Å². The van der Waals surface area contributed by atoms with Crippen molar-refractivity contribution < 1.29 is 4.79 Å². The Bertz CT molecular complexity index is 475. The zero-order valence-corrected chi connectivity index (χ0v) is 11.4. The van der Waals surface area contributed by atoms with Gasteiger partial charge in [-0.05, 0) is 42.7 Å². The lowest BCUT2D eigenvalue weighted by Gasteiger charge is -2.18. The Labute approximate surface area is 112 Å². The molecule has 0 radical (unpaired) electrons.